The van der Waals surface area contributed by atoms with E-state index in [0.29, 0.717) is 0 Å². The number of rotatable bonds is 15. The first-order valence-electron chi connectivity index (χ1n) is 12.2. The molecule has 0 spiro atoms. The molecule has 1 saturated heterocycles. The summed E-state index contributed by atoms with van der Waals surface area (Å²) in [6.45, 7) is -36.9. The zero-order valence-corrected chi connectivity index (χ0v) is 21.4. The SMILES string of the molecule is FCN1C2C(C(CF)(CF)C(CF)(CF)C1(CF)CF)C(CF)(CF)C(CF)(CF)C(CF)(CF)C2(CF)CF. The van der Waals surface area contributed by atoms with Gasteiger partial charge in [0.05, 0.1) is 88.5 Å². The molecule has 1 aliphatic heterocycles. The normalized spacial score (nSPS) is 29.2. The molecule has 0 radical (unpaired) electrons. The molecule has 2 aliphatic rings. The van der Waals surface area contributed by atoms with Gasteiger partial charge in [-0.25, -0.2) is 13.2 Å². The Kier molecular flexibility index (Phi) is 10.8. The number of halogens is 15. The lowest BCUT2D eigenvalue weighted by Gasteiger charge is -2.79. The van der Waals surface area contributed by atoms with Crippen molar-refractivity contribution in [2.24, 2.45) is 38.4 Å². The second-order valence-corrected chi connectivity index (χ2v) is 11.1. The second kappa shape index (κ2) is 12.3. The van der Waals surface area contributed by atoms with Crippen molar-refractivity contribution in [3.63, 3.8) is 0 Å². The van der Waals surface area contributed by atoms with Crippen molar-refractivity contribution in [2.75, 3.05) is 100 Å². The van der Waals surface area contributed by atoms with Gasteiger partial charge >= 0.3 is 0 Å². The molecule has 2 rings (SSSR count). The molecule has 40 heavy (non-hydrogen) atoms. The summed E-state index contributed by atoms with van der Waals surface area (Å²) in [6.07, 6.45) is 0. The van der Waals surface area contributed by atoms with Gasteiger partial charge in [0.25, 0.3) is 0 Å². The Labute approximate surface area is 221 Å². The van der Waals surface area contributed by atoms with E-state index in [1.165, 1.54) is 0 Å². The van der Waals surface area contributed by atoms with Gasteiger partial charge in [0, 0.05) is 22.3 Å². The molecule has 0 aromatic rings. The van der Waals surface area contributed by atoms with Crippen LogP contribution >= 0.6 is 0 Å². The third kappa shape index (κ3) is 3.31. The van der Waals surface area contributed by atoms with Crippen LogP contribution in [0.5, 0.6) is 0 Å². The Hall–Kier alpha value is -1.09. The fraction of sp³-hybridized carbons (Fsp3) is 1.00. The third-order valence-corrected chi connectivity index (χ3v) is 11.0. The summed E-state index contributed by atoms with van der Waals surface area (Å²) in [6, 6.07) is -3.05. The molecule has 1 aliphatic carbocycles. The minimum atomic E-state index is -3.84. The second-order valence-electron chi connectivity index (χ2n) is 11.1. The Balaban J connectivity index is 3.49. The summed E-state index contributed by atoms with van der Waals surface area (Å²) in [5.74, 6) is -3.11. The van der Waals surface area contributed by atoms with Crippen LogP contribution in [-0.4, -0.2) is 117 Å². The van der Waals surface area contributed by atoms with Gasteiger partial charge in [0.15, 0.2) is 0 Å². The first-order chi connectivity index (χ1) is 19.0. The van der Waals surface area contributed by atoms with Crippen molar-refractivity contribution in [3.05, 3.63) is 0 Å². The smallest absolute Gasteiger partial charge is 0.143 e. The number of piperidine rings is 1. The van der Waals surface area contributed by atoms with Crippen LogP contribution < -0.4 is 0 Å². The topological polar surface area (TPSA) is 3.24 Å². The maximum absolute atomic E-state index is 15.2. The molecule has 0 aromatic heterocycles. The maximum atomic E-state index is 15.2. The molecule has 1 nitrogen and oxygen atoms in total. The van der Waals surface area contributed by atoms with Crippen molar-refractivity contribution in [3.8, 4) is 0 Å². The zero-order chi connectivity index (χ0) is 30.8. The van der Waals surface area contributed by atoms with Crippen LogP contribution in [0.3, 0.4) is 0 Å². The number of fused-ring (bicyclic) bond motifs is 1. The van der Waals surface area contributed by atoms with Crippen molar-refractivity contribution in [1.82, 2.24) is 4.90 Å². The number of hydrogen-bond donors (Lipinski definition) is 0. The van der Waals surface area contributed by atoms with Crippen LogP contribution in [0.2, 0.25) is 0 Å². The van der Waals surface area contributed by atoms with E-state index in [4.69, 9.17) is 0 Å². The molecule has 16 heteroatoms. The van der Waals surface area contributed by atoms with Gasteiger partial charge in [0.1, 0.15) is 33.5 Å². The fourth-order valence-corrected chi connectivity index (χ4v) is 8.43. The fourth-order valence-electron chi connectivity index (χ4n) is 8.43. The summed E-state index contributed by atoms with van der Waals surface area (Å²) < 4.78 is 226. The Morgan fingerprint density at radius 3 is 0.900 bits per heavy atom. The average Bonchev–Trinajstić information content (AvgIpc) is 3.01. The Morgan fingerprint density at radius 1 is 0.350 bits per heavy atom. The number of alkyl halides is 15. The first-order valence-corrected chi connectivity index (χ1v) is 12.2. The van der Waals surface area contributed by atoms with Crippen LogP contribution in [0.25, 0.3) is 0 Å². The zero-order valence-electron chi connectivity index (χ0n) is 21.4. The standard InChI is InChI=1S/C24H32F15N/c25-1-18(2-26)16-17(20(5-29,6-30)22(9-33,10-34)21(18,7-31)8-32)40(15-39)24(13-37,14-38)23(11-35,12-36)19(16,3-27)4-28/h16-17H,1-15H2. The summed E-state index contributed by atoms with van der Waals surface area (Å²) in [7, 11) is 0. The van der Waals surface area contributed by atoms with Gasteiger partial charge in [-0.05, 0) is 5.92 Å². The van der Waals surface area contributed by atoms with Crippen molar-refractivity contribution in [1.29, 1.82) is 0 Å². The minimum absolute atomic E-state index is 0.347. The van der Waals surface area contributed by atoms with E-state index < -0.39 is 150 Å². The highest BCUT2D eigenvalue weighted by Gasteiger charge is 2.88. The highest BCUT2D eigenvalue weighted by Crippen LogP contribution is 2.78. The third-order valence-electron chi connectivity index (χ3n) is 11.0. The van der Waals surface area contributed by atoms with E-state index in [2.05, 4.69) is 0 Å². The lowest BCUT2D eigenvalue weighted by atomic mass is 9.29. The van der Waals surface area contributed by atoms with Gasteiger partial charge < -0.3 is 0 Å². The van der Waals surface area contributed by atoms with E-state index in [9.17, 15) is 30.7 Å². The van der Waals surface area contributed by atoms with Crippen molar-refractivity contribution >= 4 is 0 Å². The number of nitrogens with zero attached hydrogens (tertiary/aromatic N) is 1. The molecular weight excluding hydrogens is 587 g/mol. The molecule has 0 aromatic carbocycles. The average molecular weight is 619 g/mol. The van der Waals surface area contributed by atoms with Gasteiger partial charge in [-0.1, -0.05) is 0 Å². The largest absolute Gasteiger partial charge is 0.261 e. The van der Waals surface area contributed by atoms with E-state index in [1.54, 1.807) is 0 Å². The molecule has 0 bridgehead atoms. The van der Waals surface area contributed by atoms with E-state index in [-0.39, 0.29) is 4.90 Å². The predicted octanol–water partition coefficient (Wildman–Crippen LogP) is 6.46. The maximum Gasteiger partial charge on any atom is 0.143 e. The molecule has 2 fully saturated rings. The van der Waals surface area contributed by atoms with Crippen LogP contribution in [0.4, 0.5) is 65.9 Å². The van der Waals surface area contributed by atoms with E-state index in [1.807, 2.05) is 0 Å². The quantitative estimate of drug-likeness (QED) is 0.150. The molecule has 0 amide bonds. The Bertz CT molecular complexity index is 788. The van der Waals surface area contributed by atoms with Crippen molar-refractivity contribution in [2.45, 2.75) is 11.6 Å². The summed E-state index contributed by atoms with van der Waals surface area (Å²) in [4.78, 5) is -0.347. The van der Waals surface area contributed by atoms with Crippen LogP contribution in [-0.2, 0) is 0 Å². The molecule has 2 unspecified atom stereocenters. The first kappa shape index (κ1) is 35.1. The molecule has 1 saturated carbocycles. The molecular formula is C24H32F15N. The lowest BCUT2D eigenvalue weighted by Crippen LogP contribution is -2.90. The lowest BCUT2D eigenvalue weighted by molar-refractivity contribution is -0.380. The number of hydrogen-bond acceptors (Lipinski definition) is 1. The monoisotopic (exact) mass is 619 g/mol. The van der Waals surface area contributed by atoms with Gasteiger partial charge in [0.2, 0.25) is 0 Å². The highest BCUT2D eigenvalue weighted by atomic mass is 19.2. The molecule has 2 atom stereocenters. The number of likely N-dealkylation sites (tertiary alicyclic amines) is 1. The van der Waals surface area contributed by atoms with Gasteiger partial charge in [-0.2, -0.15) is 0 Å². The van der Waals surface area contributed by atoms with Gasteiger partial charge in [-0.3, -0.25) is 57.6 Å². The van der Waals surface area contributed by atoms with Crippen molar-refractivity contribution < 1.29 is 65.9 Å². The Morgan fingerprint density at radius 2 is 0.650 bits per heavy atom. The molecule has 238 valence electrons. The van der Waals surface area contributed by atoms with Crippen LogP contribution in [0.15, 0.2) is 0 Å². The van der Waals surface area contributed by atoms with Crippen LogP contribution in [0, 0.1) is 38.4 Å². The van der Waals surface area contributed by atoms with E-state index >= 15 is 35.1 Å². The summed E-state index contributed by atoms with van der Waals surface area (Å²) in [5.41, 5.74) is -26.3. The predicted molar refractivity (Wildman–Crippen MR) is 116 cm³/mol. The highest BCUT2D eigenvalue weighted by molar-refractivity contribution is 5.34. The molecule has 0 N–H and O–H groups in total. The van der Waals surface area contributed by atoms with Gasteiger partial charge in [-0.15, -0.1) is 0 Å². The molecule has 1 heterocycles. The minimum Gasteiger partial charge on any atom is -0.261 e. The summed E-state index contributed by atoms with van der Waals surface area (Å²) >= 11 is 0. The van der Waals surface area contributed by atoms with Crippen LogP contribution in [0.1, 0.15) is 0 Å². The summed E-state index contributed by atoms with van der Waals surface area (Å²) in [5, 5.41) is 0. The van der Waals surface area contributed by atoms with E-state index in [0.717, 1.165) is 0 Å².